The van der Waals surface area contributed by atoms with Gasteiger partial charge in [0.1, 0.15) is 23.3 Å². The predicted octanol–water partition coefficient (Wildman–Crippen LogP) is 2.20. The predicted molar refractivity (Wildman–Crippen MR) is 71.1 cm³/mol. The Bertz CT molecular complexity index is 550. The van der Waals surface area contributed by atoms with Gasteiger partial charge in [0.05, 0.1) is 0 Å². The van der Waals surface area contributed by atoms with Crippen molar-refractivity contribution in [2.75, 3.05) is 12.5 Å². The first-order chi connectivity index (χ1) is 9.21. The maximum Gasteiger partial charge on any atom is 0.157 e. The van der Waals surface area contributed by atoms with Crippen molar-refractivity contribution in [2.24, 2.45) is 5.84 Å². The number of nitrogens with zero attached hydrogens (tertiary/aromatic N) is 2. The molecule has 5 nitrogen and oxygen atoms in total. The molecule has 0 aliphatic carbocycles. The van der Waals surface area contributed by atoms with Gasteiger partial charge < -0.3 is 10.2 Å². The van der Waals surface area contributed by atoms with Crippen molar-refractivity contribution >= 4 is 17.6 Å². The van der Waals surface area contributed by atoms with E-state index in [4.69, 9.17) is 10.6 Å². The number of anilines is 1. The van der Waals surface area contributed by atoms with Gasteiger partial charge in [-0.25, -0.2) is 20.2 Å². The molecule has 0 unspecified atom stereocenters. The Morgan fingerprint density at radius 3 is 2.68 bits per heavy atom. The van der Waals surface area contributed by atoms with Gasteiger partial charge in [-0.15, -0.1) is 0 Å². The van der Waals surface area contributed by atoms with Crippen molar-refractivity contribution in [2.45, 2.75) is 16.5 Å². The summed E-state index contributed by atoms with van der Waals surface area (Å²) in [4.78, 5) is 9.36. The molecule has 0 saturated carbocycles. The topological polar surface area (TPSA) is 73.1 Å². The van der Waals surface area contributed by atoms with Gasteiger partial charge in [-0.05, 0) is 24.3 Å². The standard InChI is InChI=1S/C12H13FN4OS/c1-18-7-11-15-10(17-14)6-12(16-11)19-9-4-2-8(13)3-5-9/h2-6H,7,14H2,1H3,(H,15,16,17). The molecular formula is C12H13FN4OS. The number of ether oxygens (including phenoxy) is 1. The normalized spacial score (nSPS) is 10.5. The largest absolute Gasteiger partial charge is 0.377 e. The molecule has 0 radical (unpaired) electrons. The summed E-state index contributed by atoms with van der Waals surface area (Å²) < 4.78 is 17.8. The van der Waals surface area contributed by atoms with Crippen molar-refractivity contribution in [3.8, 4) is 0 Å². The third kappa shape index (κ3) is 3.88. The van der Waals surface area contributed by atoms with Crippen LogP contribution >= 0.6 is 11.8 Å². The summed E-state index contributed by atoms with van der Waals surface area (Å²) in [5.41, 5.74) is 2.48. The molecule has 0 atom stereocenters. The fraction of sp³-hybridized carbons (Fsp3) is 0.167. The van der Waals surface area contributed by atoms with E-state index in [1.807, 2.05) is 0 Å². The monoisotopic (exact) mass is 280 g/mol. The molecule has 0 aliphatic rings. The summed E-state index contributed by atoms with van der Waals surface area (Å²) >= 11 is 1.40. The van der Waals surface area contributed by atoms with Crippen molar-refractivity contribution in [1.82, 2.24) is 9.97 Å². The molecule has 0 aliphatic heterocycles. The van der Waals surface area contributed by atoms with E-state index in [1.54, 1.807) is 25.3 Å². The number of nitrogen functional groups attached to an aromatic ring is 1. The Labute approximate surface area is 114 Å². The number of hydrogen-bond acceptors (Lipinski definition) is 6. The van der Waals surface area contributed by atoms with Crippen LogP contribution in [0.3, 0.4) is 0 Å². The highest BCUT2D eigenvalue weighted by molar-refractivity contribution is 7.99. The summed E-state index contributed by atoms with van der Waals surface area (Å²) in [6, 6.07) is 7.90. The second-order valence-corrected chi connectivity index (χ2v) is 4.73. The third-order valence-electron chi connectivity index (χ3n) is 2.21. The minimum Gasteiger partial charge on any atom is -0.377 e. The number of aromatic nitrogens is 2. The van der Waals surface area contributed by atoms with Crippen LogP contribution in [0.4, 0.5) is 10.2 Å². The quantitative estimate of drug-likeness (QED) is 0.497. The molecule has 2 aromatic rings. The Morgan fingerprint density at radius 2 is 2.05 bits per heavy atom. The van der Waals surface area contributed by atoms with Gasteiger partial charge in [-0.2, -0.15) is 0 Å². The molecule has 0 bridgehead atoms. The highest BCUT2D eigenvalue weighted by Crippen LogP contribution is 2.27. The van der Waals surface area contributed by atoms with Gasteiger partial charge in [0, 0.05) is 18.1 Å². The lowest BCUT2D eigenvalue weighted by Crippen LogP contribution is -2.11. The average molecular weight is 280 g/mol. The van der Waals surface area contributed by atoms with Crippen molar-refractivity contribution < 1.29 is 9.13 Å². The summed E-state index contributed by atoms with van der Waals surface area (Å²) in [5, 5.41) is 0.710. The molecule has 0 saturated heterocycles. The van der Waals surface area contributed by atoms with E-state index in [1.165, 1.54) is 23.9 Å². The first-order valence-corrected chi connectivity index (χ1v) is 6.30. The molecule has 19 heavy (non-hydrogen) atoms. The number of nitrogens with one attached hydrogen (secondary N) is 1. The minimum atomic E-state index is -0.267. The van der Waals surface area contributed by atoms with Crippen LogP contribution in [0.15, 0.2) is 40.3 Å². The van der Waals surface area contributed by atoms with Crippen LogP contribution in [0, 0.1) is 5.82 Å². The van der Waals surface area contributed by atoms with Gasteiger partial charge >= 0.3 is 0 Å². The van der Waals surface area contributed by atoms with Crippen LogP contribution in [0.5, 0.6) is 0 Å². The maximum absolute atomic E-state index is 12.8. The number of methoxy groups -OCH3 is 1. The molecule has 1 heterocycles. The fourth-order valence-electron chi connectivity index (χ4n) is 1.42. The molecule has 2 rings (SSSR count). The van der Waals surface area contributed by atoms with Gasteiger partial charge in [0.15, 0.2) is 5.82 Å². The molecular weight excluding hydrogens is 267 g/mol. The first kappa shape index (κ1) is 13.7. The van der Waals surface area contributed by atoms with Crippen LogP contribution in [0.1, 0.15) is 5.82 Å². The zero-order chi connectivity index (χ0) is 13.7. The highest BCUT2D eigenvalue weighted by Gasteiger charge is 2.06. The van der Waals surface area contributed by atoms with E-state index in [2.05, 4.69) is 15.4 Å². The first-order valence-electron chi connectivity index (χ1n) is 5.48. The summed E-state index contributed by atoms with van der Waals surface area (Å²) in [5.74, 6) is 6.13. The second-order valence-electron chi connectivity index (χ2n) is 3.64. The SMILES string of the molecule is COCc1nc(NN)cc(Sc2ccc(F)cc2)n1. The van der Waals surface area contributed by atoms with Gasteiger partial charge in [0.2, 0.25) is 0 Å². The Balaban J connectivity index is 2.23. The van der Waals surface area contributed by atoms with Gasteiger partial charge in [-0.3, -0.25) is 0 Å². The summed E-state index contributed by atoms with van der Waals surface area (Å²) in [6.45, 7) is 0.298. The number of hydrogen-bond donors (Lipinski definition) is 2. The number of nitrogens with two attached hydrogens (primary N) is 1. The van der Waals surface area contributed by atoms with E-state index in [0.29, 0.717) is 23.3 Å². The van der Waals surface area contributed by atoms with Crippen molar-refractivity contribution in [3.63, 3.8) is 0 Å². The van der Waals surface area contributed by atoms with Crippen LogP contribution < -0.4 is 11.3 Å². The van der Waals surface area contributed by atoms with E-state index in [0.717, 1.165) is 4.90 Å². The van der Waals surface area contributed by atoms with Gasteiger partial charge in [0.25, 0.3) is 0 Å². The second kappa shape index (κ2) is 6.46. The molecule has 0 amide bonds. The van der Waals surface area contributed by atoms with E-state index in [9.17, 15) is 4.39 Å². The van der Waals surface area contributed by atoms with Crippen LogP contribution in [0.2, 0.25) is 0 Å². The van der Waals surface area contributed by atoms with Crippen LogP contribution in [0.25, 0.3) is 0 Å². The maximum atomic E-state index is 12.8. The third-order valence-corrected chi connectivity index (χ3v) is 3.13. The molecule has 0 spiro atoms. The van der Waals surface area contributed by atoms with Gasteiger partial charge in [-0.1, -0.05) is 11.8 Å². The number of halogens is 1. The number of rotatable bonds is 5. The van der Waals surface area contributed by atoms with Crippen molar-refractivity contribution in [1.29, 1.82) is 0 Å². The number of benzene rings is 1. The summed E-state index contributed by atoms with van der Waals surface area (Å²) in [7, 11) is 1.57. The molecule has 100 valence electrons. The molecule has 1 aromatic carbocycles. The number of hydrazine groups is 1. The molecule has 3 N–H and O–H groups in total. The zero-order valence-electron chi connectivity index (χ0n) is 10.3. The molecule has 7 heteroatoms. The Hall–Kier alpha value is -1.70. The fourth-order valence-corrected chi connectivity index (χ4v) is 2.25. The average Bonchev–Trinajstić information content (AvgIpc) is 2.41. The molecule has 1 aromatic heterocycles. The smallest absolute Gasteiger partial charge is 0.157 e. The highest BCUT2D eigenvalue weighted by atomic mass is 32.2. The lowest BCUT2D eigenvalue weighted by molar-refractivity contribution is 0.177. The molecule has 0 fully saturated rings. The minimum absolute atomic E-state index is 0.267. The van der Waals surface area contributed by atoms with E-state index < -0.39 is 0 Å². The summed E-state index contributed by atoms with van der Waals surface area (Å²) in [6.07, 6.45) is 0. The lowest BCUT2D eigenvalue weighted by atomic mass is 10.4. The van der Waals surface area contributed by atoms with Crippen LogP contribution in [-0.4, -0.2) is 17.1 Å². The van der Waals surface area contributed by atoms with Crippen LogP contribution in [-0.2, 0) is 11.3 Å². The van der Waals surface area contributed by atoms with E-state index >= 15 is 0 Å². The van der Waals surface area contributed by atoms with Crippen molar-refractivity contribution in [3.05, 3.63) is 42.0 Å². The van der Waals surface area contributed by atoms with E-state index in [-0.39, 0.29) is 5.82 Å². The Kier molecular flexibility index (Phi) is 4.67. The lowest BCUT2D eigenvalue weighted by Gasteiger charge is -2.07. The Morgan fingerprint density at radius 1 is 1.32 bits per heavy atom. The zero-order valence-corrected chi connectivity index (χ0v) is 11.1.